The Bertz CT molecular complexity index is 517. The van der Waals surface area contributed by atoms with Crippen molar-refractivity contribution in [1.82, 2.24) is 19.7 Å². The van der Waals surface area contributed by atoms with Crippen LogP contribution in [0.25, 0.3) is 11.2 Å². The van der Waals surface area contributed by atoms with E-state index in [0.717, 1.165) is 0 Å². The lowest BCUT2D eigenvalue weighted by Crippen LogP contribution is -2.32. The first kappa shape index (κ1) is 8.93. The van der Waals surface area contributed by atoms with Gasteiger partial charge in [-0.2, -0.15) is 0 Å². The normalized spacial score (nSPS) is 12.2. The minimum Gasteiger partial charge on any atom is -0.276 e. The second kappa shape index (κ2) is 2.67. The summed E-state index contributed by atoms with van der Waals surface area (Å²) in [5, 5.41) is 2.93. The molecule has 2 aromatic heterocycles. The highest BCUT2D eigenvalue weighted by molar-refractivity contribution is 5.67. The molecule has 14 heavy (non-hydrogen) atoms. The van der Waals surface area contributed by atoms with E-state index in [2.05, 4.69) is 15.1 Å². The van der Waals surface area contributed by atoms with Gasteiger partial charge in [-0.05, 0) is 20.8 Å². The average Bonchev–Trinajstić information content (AvgIpc) is 2.44. The summed E-state index contributed by atoms with van der Waals surface area (Å²) in [4.78, 5) is 19.8. The van der Waals surface area contributed by atoms with Crippen LogP contribution in [0.15, 0.2) is 17.2 Å². The molecule has 0 aromatic carbocycles. The fourth-order valence-corrected chi connectivity index (χ4v) is 1.31. The Kier molecular flexibility index (Phi) is 1.70. The van der Waals surface area contributed by atoms with Gasteiger partial charge in [-0.15, -0.1) is 0 Å². The summed E-state index contributed by atoms with van der Waals surface area (Å²) in [6, 6.07) is 0. The molecule has 0 fully saturated rings. The molecule has 0 amide bonds. The van der Waals surface area contributed by atoms with Gasteiger partial charge < -0.3 is 0 Å². The van der Waals surface area contributed by atoms with Gasteiger partial charge in [0, 0.05) is 12.4 Å². The van der Waals surface area contributed by atoms with E-state index in [4.69, 9.17) is 0 Å². The maximum Gasteiger partial charge on any atom is 0.295 e. The number of aromatic amines is 1. The summed E-state index contributed by atoms with van der Waals surface area (Å²) >= 11 is 0. The highest BCUT2D eigenvalue weighted by Crippen LogP contribution is 2.11. The lowest BCUT2D eigenvalue weighted by Gasteiger charge is -2.18. The van der Waals surface area contributed by atoms with Crippen molar-refractivity contribution in [3.8, 4) is 0 Å². The van der Waals surface area contributed by atoms with Crippen LogP contribution in [-0.2, 0) is 5.54 Å². The molecule has 0 bridgehead atoms. The second-order valence-corrected chi connectivity index (χ2v) is 4.18. The van der Waals surface area contributed by atoms with Gasteiger partial charge in [-0.1, -0.05) is 0 Å². The van der Waals surface area contributed by atoms with E-state index < -0.39 is 0 Å². The van der Waals surface area contributed by atoms with E-state index in [1.807, 2.05) is 20.8 Å². The molecule has 0 atom stereocenters. The summed E-state index contributed by atoms with van der Waals surface area (Å²) in [5.41, 5.74) is 0.523. The fourth-order valence-electron chi connectivity index (χ4n) is 1.31. The molecule has 74 valence electrons. The van der Waals surface area contributed by atoms with Crippen LogP contribution in [0.1, 0.15) is 20.8 Å². The first-order valence-corrected chi connectivity index (χ1v) is 4.42. The minimum absolute atomic E-state index is 0.124. The molecule has 0 spiro atoms. The number of fused-ring (bicyclic) bond motifs is 1. The molecule has 0 saturated heterocycles. The molecule has 2 rings (SSSR count). The van der Waals surface area contributed by atoms with Crippen LogP contribution in [0.4, 0.5) is 0 Å². The van der Waals surface area contributed by atoms with Crippen LogP contribution in [0.2, 0.25) is 0 Å². The molecular formula is C9H12N4O. The lowest BCUT2D eigenvalue weighted by molar-refractivity contribution is 0.348. The zero-order chi connectivity index (χ0) is 10.3. The number of nitrogens with one attached hydrogen (secondary N) is 1. The molecule has 2 aromatic rings. The van der Waals surface area contributed by atoms with Crippen molar-refractivity contribution in [2.75, 3.05) is 0 Å². The minimum atomic E-state index is -0.278. The van der Waals surface area contributed by atoms with Crippen molar-refractivity contribution in [2.24, 2.45) is 0 Å². The number of rotatable bonds is 0. The van der Waals surface area contributed by atoms with Crippen LogP contribution in [0.3, 0.4) is 0 Å². The Hall–Kier alpha value is -1.65. The number of aromatic nitrogens is 4. The van der Waals surface area contributed by atoms with Gasteiger partial charge in [0.05, 0.1) is 5.54 Å². The number of H-pyrrole nitrogens is 1. The topological polar surface area (TPSA) is 63.6 Å². The standard InChI is InChI=1S/C9H12N4O/c1-9(2,3)13-8(14)6-7(12-13)11-5-4-10-6/h4-5H,1-3H3,(H,11,12). The Balaban J connectivity index is 2.82. The third-order valence-electron chi connectivity index (χ3n) is 1.99. The molecule has 5 heteroatoms. The van der Waals surface area contributed by atoms with E-state index in [0.29, 0.717) is 11.2 Å². The third-order valence-corrected chi connectivity index (χ3v) is 1.99. The van der Waals surface area contributed by atoms with Crippen LogP contribution < -0.4 is 5.56 Å². The molecule has 0 aliphatic rings. The summed E-state index contributed by atoms with van der Waals surface area (Å²) < 4.78 is 1.54. The van der Waals surface area contributed by atoms with Crippen LogP contribution >= 0.6 is 0 Å². The Morgan fingerprint density at radius 2 is 1.93 bits per heavy atom. The van der Waals surface area contributed by atoms with E-state index in [1.165, 1.54) is 10.9 Å². The highest BCUT2D eigenvalue weighted by Gasteiger charge is 2.19. The maximum atomic E-state index is 11.8. The van der Waals surface area contributed by atoms with Gasteiger partial charge in [0.25, 0.3) is 5.56 Å². The summed E-state index contributed by atoms with van der Waals surface area (Å²) in [6.07, 6.45) is 3.08. The smallest absolute Gasteiger partial charge is 0.276 e. The van der Waals surface area contributed by atoms with E-state index in [1.54, 1.807) is 6.20 Å². The molecule has 0 saturated carbocycles. The van der Waals surface area contributed by atoms with Crippen LogP contribution in [0.5, 0.6) is 0 Å². The molecular weight excluding hydrogens is 180 g/mol. The molecule has 0 aliphatic carbocycles. The first-order valence-electron chi connectivity index (χ1n) is 4.42. The van der Waals surface area contributed by atoms with Crippen molar-refractivity contribution >= 4 is 11.2 Å². The van der Waals surface area contributed by atoms with Gasteiger partial charge >= 0.3 is 0 Å². The van der Waals surface area contributed by atoms with Gasteiger partial charge in [-0.25, -0.2) is 14.6 Å². The third kappa shape index (κ3) is 1.21. The van der Waals surface area contributed by atoms with Crippen molar-refractivity contribution < 1.29 is 0 Å². The molecule has 0 unspecified atom stereocenters. The number of hydrogen-bond acceptors (Lipinski definition) is 3. The SMILES string of the molecule is CC(C)(C)n1[nH]c2nccnc2c1=O. The van der Waals surface area contributed by atoms with Gasteiger partial charge in [0.15, 0.2) is 11.2 Å². The summed E-state index contributed by atoms with van der Waals surface area (Å²) in [6.45, 7) is 5.84. The van der Waals surface area contributed by atoms with Crippen molar-refractivity contribution in [3.63, 3.8) is 0 Å². The number of hydrogen-bond donors (Lipinski definition) is 1. The Labute approximate surface area is 80.8 Å². The molecule has 1 N–H and O–H groups in total. The Morgan fingerprint density at radius 3 is 2.50 bits per heavy atom. The fraction of sp³-hybridized carbons (Fsp3) is 0.444. The van der Waals surface area contributed by atoms with E-state index in [9.17, 15) is 4.79 Å². The zero-order valence-electron chi connectivity index (χ0n) is 8.40. The van der Waals surface area contributed by atoms with Crippen molar-refractivity contribution in [1.29, 1.82) is 0 Å². The van der Waals surface area contributed by atoms with Crippen molar-refractivity contribution in [3.05, 3.63) is 22.7 Å². The number of nitrogens with zero attached hydrogens (tertiary/aromatic N) is 3. The van der Waals surface area contributed by atoms with Crippen LogP contribution in [0, 0.1) is 0 Å². The summed E-state index contributed by atoms with van der Waals surface area (Å²) in [7, 11) is 0. The second-order valence-electron chi connectivity index (χ2n) is 4.18. The van der Waals surface area contributed by atoms with E-state index in [-0.39, 0.29) is 11.1 Å². The predicted octanol–water partition coefficient (Wildman–Crippen LogP) is 0.875. The maximum absolute atomic E-state index is 11.8. The van der Waals surface area contributed by atoms with E-state index >= 15 is 0 Å². The van der Waals surface area contributed by atoms with Gasteiger partial charge in [0.1, 0.15) is 0 Å². The first-order chi connectivity index (χ1) is 6.50. The van der Waals surface area contributed by atoms with Gasteiger partial charge in [0.2, 0.25) is 0 Å². The monoisotopic (exact) mass is 192 g/mol. The molecule has 0 radical (unpaired) electrons. The zero-order valence-corrected chi connectivity index (χ0v) is 8.40. The molecule has 2 heterocycles. The van der Waals surface area contributed by atoms with Crippen molar-refractivity contribution in [2.45, 2.75) is 26.3 Å². The highest BCUT2D eigenvalue weighted by atomic mass is 16.1. The lowest BCUT2D eigenvalue weighted by atomic mass is 10.1. The van der Waals surface area contributed by atoms with Crippen LogP contribution in [-0.4, -0.2) is 19.7 Å². The quantitative estimate of drug-likeness (QED) is 0.673. The predicted molar refractivity (Wildman–Crippen MR) is 53.1 cm³/mol. The molecule has 5 nitrogen and oxygen atoms in total. The average molecular weight is 192 g/mol. The largest absolute Gasteiger partial charge is 0.295 e. The van der Waals surface area contributed by atoms with Gasteiger partial charge in [-0.3, -0.25) is 9.89 Å². The summed E-state index contributed by atoms with van der Waals surface area (Å²) in [5.74, 6) is 0. The molecule has 0 aliphatic heterocycles. The Morgan fingerprint density at radius 1 is 1.29 bits per heavy atom.